The molecule has 96 valence electrons. The van der Waals surface area contributed by atoms with Crippen LogP contribution in [0.3, 0.4) is 0 Å². The maximum absolute atomic E-state index is 5.64. The van der Waals surface area contributed by atoms with Gasteiger partial charge in [0.2, 0.25) is 0 Å². The predicted octanol–water partition coefficient (Wildman–Crippen LogP) is 3.98. The van der Waals surface area contributed by atoms with E-state index in [4.69, 9.17) is 9.47 Å². The summed E-state index contributed by atoms with van der Waals surface area (Å²) >= 11 is 0. The van der Waals surface area contributed by atoms with Crippen LogP contribution in [0.5, 0.6) is 11.5 Å². The summed E-state index contributed by atoms with van der Waals surface area (Å²) in [5.41, 5.74) is 2.52. The lowest BCUT2D eigenvalue weighted by Gasteiger charge is -2.19. The average molecular weight is 244 g/mol. The topological polar surface area (TPSA) is 18.5 Å². The Hall–Kier alpha value is -1.70. The molecule has 18 heavy (non-hydrogen) atoms. The van der Waals surface area contributed by atoms with E-state index in [1.165, 1.54) is 11.1 Å². The Bertz CT molecular complexity index is 508. The highest BCUT2D eigenvalue weighted by atomic mass is 16.5. The second kappa shape index (κ2) is 5.30. The Kier molecular flexibility index (Phi) is 3.75. The Balaban J connectivity index is 2.94. The van der Waals surface area contributed by atoms with Gasteiger partial charge in [0.1, 0.15) is 11.5 Å². The van der Waals surface area contributed by atoms with Gasteiger partial charge in [-0.15, -0.1) is 0 Å². The van der Waals surface area contributed by atoms with Gasteiger partial charge in [0, 0.05) is 21.9 Å². The molecule has 2 nitrogen and oxygen atoms in total. The molecule has 0 fully saturated rings. The molecule has 0 saturated carbocycles. The third-order valence-corrected chi connectivity index (χ3v) is 3.44. The minimum Gasteiger partial charge on any atom is -0.496 e. The summed E-state index contributed by atoms with van der Waals surface area (Å²) in [4.78, 5) is 0. The molecule has 0 aliphatic carbocycles. The van der Waals surface area contributed by atoms with Crippen LogP contribution in [0.1, 0.15) is 25.0 Å². The van der Waals surface area contributed by atoms with Crippen LogP contribution in [0.4, 0.5) is 0 Å². The van der Waals surface area contributed by atoms with Crippen molar-refractivity contribution in [2.45, 2.75) is 26.7 Å². The zero-order chi connectivity index (χ0) is 13.1. The van der Waals surface area contributed by atoms with E-state index < -0.39 is 0 Å². The van der Waals surface area contributed by atoms with Crippen LogP contribution in [-0.4, -0.2) is 14.2 Å². The second-order valence-corrected chi connectivity index (χ2v) is 4.28. The maximum atomic E-state index is 5.64. The number of fused-ring (bicyclic) bond motifs is 1. The Morgan fingerprint density at radius 2 is 1.17 bits per heavy atom. The zero-order valence-corrected chi connectivity index (χ0v) is 11.5. The van der Waals surface area contributed by atoms with Crippen LogP contribution in [0, 0.1) is 0 Å². The van der Waals surface area contributed by atoms with Crippen LogP contribution in [0.25, 0.3) is 10.8 Å². The van der Waals surface area contributed by atoms with Gasteiger partial charge in [0.25, 0.3) is 0 Å². The number of hydrogen-bond donors (Lipinski definition) is 0. The van der Waals surface area contributed by atoms with Crippen LogP contribution < -0.4 is 9.47 Å². The van der Waals surface area contributed by atoms with E-state index in [0.29, 0.717) is 0 Å². The second-order valence-electron chi connectivity index (χ2n) is 4.28. The number of hydrogen-bond acceptors (Lipinski definition) is 2. The molecule has 2 aromatic rings. The van der Waals surface area contributed by atoms with Crippen molar-refractivity contribution in [3.8, 4) is 11.5 Å². The van der Waals surface area contributed by atoms with E-state index in [1.54, 1.807) is 14.2 Å². The van der Waals surface area contributed by atoms with Gasteiger partial charge in [-0.25, -0.2) is 0 Å². The van der Waals surface area contributed by atoms with E-state index in [2.05, 4.69) is 26.0 Å². The van der Waals surface area contributed by atoms with Crippen LogP contribution in [-0.2, 0) is 12.8 Å². The molecule has 2 rings (SSSR count). The first-order valence-corrected chi connectivity index (χ1v) is 6.42. The molecule has 0 aliphatic heterocycles. The molecule has 0 unspecified atom stereocenters. The lowest BCUT2D eigenvalue weighted by atomic mass is 9.94. The molecule has 0 amide bonds. The molecule has 2 heteroatoms. The Morgan fingerprint density at radius 3 is 1.44 bits per heavy atom. The summed E-state index contributed by atoms with van der Waals surface area (Å²) in [7, 11) is 3.49. The molecule has 0 aliphatic rings. The quantitative estimate of drug-likeness (QED) is 0.810. The number of benzene rings is 2. The van der Waals surface area contributed by atoms with Crippen molar-refractivity contribution in [1.29, 1.82) is 0 Å². The highest BCUT2D eigenvalue weighted by Gasteiger charge is 2.17. The molecule has 0 bridgehead atoms. The molecule has 0 spiro atoms. The Morgan fingerprint density at radius 1 is 0.778 bits per heavy atom. The number of rotatable bonds is 4. The van der Waals surface area contributed by atoms with Crippen molar-refractivity contribution in [3.05, 3.63) is 35.4 Å². The SMILES string of the molecule is CCc1c(CC)c(OC)c2ccccc2c1OC. The van der Waals surface area contributed by atoms with Crippen LogP contribution in [0.15, 0.2) is 24.3 Å². The molecular formula is C16H20O2. The lowest BCUT2D eigenvalue weighted by Crippen LogP contribution is -2.01. The van der Waals surface area contributed by atoms with Gasteiger partial charge in [-0.2, -0.15) is 0 Å². The molecule has 0 N–H and O–H groups in total. The fourth-order valence-corrected chi connectivity index (χ4v) is 2.69. The minimum atomic E-state index is 0.952. The van der Waals surface area contributed by atoms with Gasteiger partial charge in [-0.05, 0) is 12.8 Å². The summed E-state index contributed by atoms with van der Waals surface area (Å²) in [6.45, 7) is 4.32. The largest absolute Gasteiger partial charge is 0.496 e. The Labute approximate surface area is 109 Å². The van der Waals surface area contributed by atoms with Crippen LogP contribution >= 0.6 is 0 Å². The van der Waals surface area contributed by atoms with Gasteiger partial charge < -0.3 is 9.47 Å². The molecule has 0 saturated heterocycles. The van der Waals surface area contributed by atoms with Crippen molar-refractivity contribution < 1.29 is 9.47 Å². The first-order chi connectivity index (χ1) is 8.78. The zero-order valence-electron chi connectivity index (χ0n) is 11.5. The van der Waals surface area contributed by atoms with Crippen molar-refractivity contribution >= 4 is 10.8 Å². The van der Waals surface area contributed by atoms with E-state index >= 15 is 0 Å². The van der Waals surface area contributed by atoms with Crippen molar-refractivity contribution in [2.24, 2.45) is 0 Å². The van der Waals surface area contributed by atoms with Gasteiger partial charge in [-0.3, -0.25) is 0 Å². The van der Waals surface area contributed by atoms with E-state index in [9.17, 15) is 0 Å². The third kappa shape index (κ3) is 1.82. The molecule has 2 aromatic carbocycles. The average Bonchev–Trinajstić information content (AvgIpc) is 2.44. The van der Waals surface area contributed by atoms with Gasteiger partial charge in [-0.1, -0.05) is 38.1 Å². The standard InChI is InChI=1S/C16H20O2/c1-5-11-12(6-2)16(18-4)14-10-8-7-9-13(14)15(11)17-3/h7-10H,5-6H2,1-4H3. The summed E-state index contributed by atoms with van der Waals surface area (Å²) in [5, 5.41) is 2.26. The summed E-state index contributed by atoms with van der Waals surface area (Å²) < 4.78 is 11.3. The number of ether oxygens (including phenoxy) is 2. The highest BCUT2D eigenvalue weighted by molar-refractivity contribution is 5.96. The smallest absolute Gasteiger partial charge is 0.130 e. The van der Waals surface area contributed by atoms with Crippen molar-refractivity contribution in [1.82, 2.24) is 0 Å². The van der Waals surface area contributed by atoms with Crippen molar-refractivity contribution in [3.63, 3.8) is 0 Å². The predicted molar refractivity (Wildman–Crippen MR) is 75.8 cm³/mol. The molecule has 0 aromatic heterocycles. The van der Waals surface area contributed by atoms with Gasteiger partial charge in [0.05, 0.1) is 14.2 Å². The summed E-state index contributed by atoms with van der Waals surface area (Å²) in [6.07, 6.45) is 1.90. The van der Waals surface area contributed by atoms with Crippen LogP contribution in [0.2, 0.25) is 0 Å². The monoisotopic (exact) mass is 244 g/mol. The fraction of sp³-hybridized carbons (Fsp3) is 0.375. The van der Waals surface area contributed by atoms with Crippen molar-refractivity contribution in [2.75, 3.05) is 14.2 Å². The molecule has 0 heterocycles. The lowest BCUT2D eigenvalue weighted by molar-refractivity contribution is 0.402. The van der Waals surface area contributed by atoms with Gasteiger partial charge in [0.15, 0.2) is 0 Å². The minimum absolute atomic E-state index is 0.952. The molecule has 0 atom stereocenters. The first-order valence-electron chi connectivity index (χ1n) is 6.42. The summed E-state index contributed by atoms with van der Waals surface area (Å²) in [5.74, 6) is 1.98. The first kappa shape index (κ1) is 12.7. The number of methoxy groups -OCH3 is 2. The fourth-order valence-electron chi connectivity index (χ4n) is 2.69. The molecule has 0 radical (unpaired) electrons. The normalized spacial score (nSPS) is 10.7. The van der Waals surface area contributed by atoms with E-state index in [-0.39, 0.29) is 0 Å². The highest BCUT2D eigenvalue weighted by Crippen LogP contribution is 2.41. The maximum Gasteiger partial charge on any atom is 0.130 e. The van der Waals surface area contributed by atoms with E-state index in [1.807, 2.05) is 12.1 Å². The summed E-state index contributed by atoms with van der Waals surface area (Å²) in [6, 6.07) is 8.26. The third-order valence-electron chi connectivity index (χ3n) is 3.44. The van der Waals surface area contributed by atoms with Gasteiger partial charge >= 0.3 is 0 Å². The molecular weight excluding hydrogens is 224 g/mol. The van der Waals surface area contributed by atoms with E-state index in [0.717, 1.165) is 35.1 Å².